The summed E-state index contributed by atoms with van der Waals surface area (Å²) in [5, 5.41) is 23.6. The fourth-order valence-corrected chi connectivity index (χ4v) is 7.54. The lowest BCUT2D eigenvalue weighted by molar-refractivity contribution is -0.151. The fraction of sp³-hybridized carbons (Fsp3) is 0.811. The summed E-state index contributed by atoms with van der Waals surface area (Å²) in [6.07, 6.45) is 56.0. The number of nitrogens with one attached hydrogen (secondary N) is 1. The maximum atomic E-state index is 13.2. The summed E-state index contributed by atoms with van der Waals surface area (Å²) in [6.45, 7) is 6.43. The Morgan fingerprint density at radius 2 is 0.881 bits per heavy atom. The number of unbranched alkanes of at least 4 members (excludes halogenated alkanes) is 27. The quantitative estimate of drug-likeness (QED) is 0.0246. The van der Waals surface area contributed by atoms with Crippen molar-refractivity contribution < 1.29 is 24.5 Å². The van der Waals surface area contributed by atoms with Gasteiger partial charge in [-0.3, -0.25) is 9.59 Å². The average Bonchev–Trinajstić information content (AvgIpc) is 3.23. The molecule has 0 aliphatic heterocycles. The number of amides is 1. The van der Waals surface area contributed by atoms with E-state index in [-0.39, 0.29) is 24.9 Å². The third-order valence-electron chi connectivity index (χ3n) is 11.4. The molecule has 3 N–H and O–H groups in total. The maximum Gasteiger partial charge on any atom is 0.306 e. The van der Waals surface area contributed by atoms with Crippen molar-refractivity contribution in [1.29, 1.82) is 0 Å². The number of aliphatic hydroxyl groups is 2. The summed E-state index contributed by atoms with van der Waals surface area (Å²) in [5.74, 6) is -0.503. The fourth-order valence-electron chi connectivity index (χ4n) is 7.54. The molecule has 1 amide bonds. The zero-order chi connectivity index (χ0) is 43.1. The zero-order valence-corrected chi connectivity index (χ0v) is 39.1. The second-order valence-electron chi connectivity index (χ2n) is 17.3. The molecule has 0 radical (unpaired) electrons. The molecule has 0 aromatic carbocycles. The van der Waals surface area contributed by atoms with Crippen LogP contribution in [0.4, 0.5) is 0 Å². The number of ether oxygens (including phenoxy) is 1. The first-order chi connectivity index (χ1) is 29.0. The van der Waals surface area contributed by atoms with Gasteiger partial charge in [0.25, 0.3) is 0 Å². The largest absolute Gasteiger partial charge is 0.462 e. The first kappa shape index (κ1) is 56.8. The predicted octanol–water partition coefficient (Wildman–Crippen LogP) is 15.1. The second kappa shape index (κ2) is 46.9. The van der Waals surface area contributed by atoms with E-state index in [9.17, 15) is 19.8 Å². The number of hydrogen-bond acceptors (Lipinski definition) is 5. The Morgan fingerprint density at radius 3 is 1.36 bits per heavy atom. The van der Waals surface area contributed by atoms with Gasteiger partial charge < -0.3 is 20.3 Å². The van der Waals surface area contributed by atoms with E-state index in [1.807, 2.05) is 0 Å². The van der Waals surface area contributed by atoms with E-state index in [2.05, 4.69) is 74.7 Å². The molecule has 0 saturated heterocycles. The normalized spacial score (nSPS) is 13.6. The molecule has 0 aliphatic carbocycles. The Labute approximate surface area is 366 Å². The molecule has 0 saturated carbocycles. The van der Waals surface area contributed by atoms with Crippen LogP contribution in [0.3, 0.4) is 0 Å². The number of esters is 1. The van der Waals surface area contributed by atoms with Crippen LogP contribution in [-0.2, 0) is 14.3 Å². The summed E-state index contributed by atoms with van der Waals surface area (Å²) >= 11 is 0. The third kappa shape index (κ3) is 42.3. The molecule has 0 heterocycles. The van der Waals surface area contributed by atoms with Gasteiger partial charge >= 0.3 is 5.97 Å². The lowest BCUT2D eigenvalue weighted by Crippen LogP contribution is -2.46. The molecule has 344 valence electrons. The molecule has 6 nitrogen and oxygen atoms in total. The van der Waals surface area contributed by atoms with E-state index in [4.69, 9.17) is 4.74 Å². The molecule has 0 bridgehead atoms. The number of carbonyl (C=O) groups excluding carboxylic acids is 2. The van der Waals surface area contributed by atoms with E-state index in [0.717, 1.165) is 83.5 Å². The smallest absolute Gasteiger partial charge is 0.306 e. The number of aliphatic hydroxyl groups excluding tert-OH is 2. The van der Waals surface area contributed by atoms with Crippen molar-refractivity contribution in [2.45, 2.75) is 270 Å². The van der Waals surface area contributed by atoms with Crippen molar-refractivity contribution in [2.24, 2.45) is 0 Å². The molecule has 0 rings (SSSR count). The van der Waals surface area contributed by atoms with Gasteiger partial charge in [-0.25, -0.2) is 0 Å². The summed E-state index contributed by atoms with van der Waals surface area (Å²) in [7, 11) is 0. The van der Waals surface area contributed by atoms with Crippen molar-refractivity contribution >= 4 is 11.9 Å². The Bertz CT molecular complexity index is 1020. The van der Waals surface area contributed by atoms with Crippen LogP contribution in [0.25, 0.3) is 0 Å². The molecule has 0 aromatic rings. The van der Waals surface area contributed by atoms with Crippen LogP contribution >= 0.6 is 0 Å². The first-order valence-electron chi connectivity index (χ1n) is 25.4. The van der Waals surface area contributed by atoms with Gasteiger partial charge in [0.15, 0.2) is 0 Å². The summed E-state index contributed by atoms with van der Waals surface area (Å²) in [4.78, 5) is 26.1. The van der Waals surface area contributed by atoms with Crippen molar-refractivity contribution in [3.8, 4) is 0 Å². The monoisotopic (exact) mass is 828 g/mol. The van der Waals surface area contributed by atoms with E-state index >= 15 is 0 Å². The highest BCUT2D eigenvalue weighted by Crippen LogP contribution is 2.17. The Kier molecular flexibility index (Phi) is 45.1. The van der Waals surface area contributed by atoms with Crippen LogP contribution in [0.15, 0.2) is 48.6 Å². The number of hydrogen-bond donors (Lipinski definition) is 3. The molecule has 3 unspecified atom stereocenters. The predicted molar refractivity (Wildman–Crippen MR) is 255 cm³/mol. The minimum atomic E-state index is -0.791. The van der Waals surface area contributed by atoms with E-state index in [1.165, 1.54) is 122 Å². The van der Waals surface area contributed by atoms with Crippen LogP contribution in [0.1, 0.15) is 252 Å². The molecule has 6 heteroatoms. The van der Waals surface area contributed by atoms with Crippen molar-refractivity contribution in [3.63, 3.8) is 0 Å². The summed E-state index contributed by atoms with van der Waals surface area (Å²) in [5.41, 5.74) is 0. The number of rotatable bonds is 45. The van der Waals surface area contributed by atoms with Gasteiger partial charge in [0.05, 0.1) is 25.2 Å². The highest BCUT2D eigenvalue weighted by atomic mass is 16.5. The van der Waals surface area contributed by atoms with Crippen molar-refractivity contribution in [3.05, 3.63) is 48.6 Å². The third-order valence-corrected chi connectivity index (χ3v) is 11.4. The Morgan fingerprint density at radius 1 is 0.492 bits per heavy atom. The van der Waals surface area contributed by atoms with E-state index in [1.54, 1.807) is 0 Å². The molecule has 0 spiro atoms. The highest BCUT2D eigenvalue weighted by molar-refractivity contribution is 5.77. The lowest BCUT2D eigenvalue weighted by Gasteiger charge is -2.24. The topological polar surface area (TPSA) is 95.9 Å². The van der Waals surface area contributed by atoms with Crippen LogP contribution in [0.5, 0.6) is 0 Å². The van der Waals surface area contributed by atoms with Gasteiger partial charge in [0.2, 0.25) is 5.91 Å². The van der Waals surface area contributed by atoms with Gasteiger partial charge in [-0.15, -0.1) is 0 Å². The van der Waals surface area contributed by atoms with Gasteiger partial charge in [-0.2, -0.15) is 0 Å². The van der Waals surface area contributed by atoms with Gasteiger partial charge in [-0.05, 0) is 77.0 Å². The minimum Gasteiger partial charge on any atom is -0.462 e. The van der Waals surface area contributed by atoms with Crippen LogP contribution < -0.4 is 5.32 Å². The van der Waals surface area contributed by atoms with Crippen molar-refractivity contribution in [1.82, 2.24) is 5.32 Å². The Hall–Kier alpha value is -2.18. The molecule has 3 atom stereocenters. The summed E-state index contributed by atoms with van der Waals surface area (Å²) in [6, 6.07) is -0.706. The highest BCUT2D eigenvalue weighted by Gasteiger charge is 2.24. The van der Waals surface area contributed by atoms with Crippen LogP contribution in [0, 0.1) is 0 Å². The van der Waals surface area contributed by atoms with Crippen molar-refractivity contribution in [2.75, 3.05) is 6.61 Å². The molecule has 0 aromatic heterocycles. The average molecular weight is 828 g/mol. The number of carbonyl (C=O) groups is 2. The van der Waals surface area contributed by atoms with Crippen LogP contribution in [-0.4, -0.2) is 46.9 Å². The molecule has 0 aliphatic rings. The van der Waals surface area contributed by atoms with Gasteiger partial charge in [0.1, 0.15) is 6.10 Å². The van der Waals surface area contributed by atoms with Gasteiger partial charge in [0, 0.05) is 6.42 Å². The molecule has 0 fully saturated rings. The number of allylic oxidation sites excluding steroid dienone is 8. The standard InChI is InChI=1S/C53H97NO5/c1-4-7-10-13-16-19-21-23-24-25-26-27-29-31-34-37-40-43-46-53(58)59-49(44-41-38-35-33-30-28-22-20-17-14-11-8-5-2)47-52(57)54-50(48-55)51(56)45-42-39-36-32-18-15-12-9-6-3/h20-27,49-51,55-56H,4-19,28-48H2,1-3H3,(H,54,57)/b22-20-,23-21+,25-24+,27-26+. The van der Waals surface area contributed by atoms with E-state index < -0.39 is 18.2 Å². The minimum absolute atomic E-state index is 0.0637. The molecule has 59 heavy (non-hydrogen) atoms. The van der Waals surface area contributed by atoms with Crippen LogP contribution in [0.2, 0.25) is 0 Å². The van der Waals surface area contributed by atoms with Gasteiger partial charge in [-0.1, -0.05) is 211 Å². The van der Waals surface area contributed by atoms with E-state index in [0.29, 0.717) is 19.3 Å². The lowest BCUT2D eigenvalue weighted by atomic mass is 10.0. The molecular formula is C53H97NO5. The molecular weight excluding hydrogens is 731 g/mol. The zero-order valence-electron chi connectivity index (χ0n) is 39.1. The SMILES string of the molecule is CCCCCC/C=C\CCCCCCCC(CC(=O)NC(CO)C(O)CCCCCCCCCCC)OC(=O)CCCCCCC/C=C/C=C/C=C/CCCCCCC. The Balaban J connectivity index is 4.60. The maximum absolute atomic E-state index is 13.2. The summed E-state index contributed by atoms with van der Waals surface area (Å²) < 4.78 is 5.92. The first-order valence-corrected chi connectivity index (χ1v) is 25.4. The second-order valence-corrected chi connectivity index (χ2v) is 17.3.